The Balaban J connectivity index is 2.52. The lowest BCUT2D eigenvalue weighted by molar-refractivity contribution is 0.0692. The van der Waals surface area contributed by atoms with Crippen LogP contribution in [0, 0.1) is 6.92 Å². The number of aromatic hydroxyl groups is 2. The number of phenols is 2. The number of carboxylic acids is 1. The number of rotatable bonds is 1. The summed E-state index contributed by atoms with van der Waals surface area (Å²) in [5, 5.41) is 29.4. The van der Waals surface area contributed by atoms with Gasteiger partial charge >= 0.3 is 5.97 Å². The Morgan fingerprint density at radius 2 is 1.44 bits per heavy atom. The van der Waals surface area contributed by atoms with E-state index in [2.05, 4.69) is 0 Å². The van der Waals surface area contributed by atoms with Crippen LogP contribution in [0.5, 0.6) is 11.5 Å². The van der Waals surface area contributed by atoms with Gasteiger partial charge in [-0.15, -0.1) is 0 Å². The molecule has 0 amide bonds. The van der Waals surface area contributed by atoms with Gasteiger partial charge in [-0.05, 0) is 18.6 Å². The van der Waals surface area contributed by atoms with Crippen LogP contribution in [0.4, 0.5) is 17.1 Å². The molecule has 0 unspecified atom stereocenters. The highest BCUT2D eigenvalue weighted by Gasteiger charge is 2.40. The van der Waals surface area contributed by atoms with Gasteiger partial charge in [-0.2, -0.15) is 0 Å². The highest BCUT2D eigenvalue weighted by molar-refractivity contribution is 6.34. The van der Waals surface area contributed by atoms with Gasteiger partial charge in [-0.3, -0.25) is 9.59 Å². The van der Waals surface area contributed by atoms with E-state index in [0.29, 0.717) is 0 Å². The number of aromatic carboxylic acids is 1. The molecular weight excluding hydrogens is 330 g/mol. The minimum Gasteiger partial charge on any atom is -0.505 e. The molecule has 128 valence electrons. The quantitative estimate of drug-likeness (QED) is 0.209. The van der Waals surface area contributed by atoms with Crippen molar-refractivity contribution in [2.75, 3.05) is 17.2 Å². The third kappa shape index (κ3) is 1.86. The van der Waals surface area contributed by atoms with Gasteiger partial charge < -0.3 is 32.5 Å². The Hall–Kier alpha value is -3.75. The molecule has 9 nitrogen and oxygen atoms in total. The van der Waals surface area contributed by atoms with Crippen molar-refractivity contribution in [1.29, 1.82) is 0 Å². The topological polar surface area (TPSA) is 190 Å². The summed E-state index contributed by atoms with van der Waals surface area (Å²) < 4.78 is 0. The maximum absolute atomic E-state index is 12.9. The standard InChI is InChI=1S/C16H13N3O6/c1-3-6-9(11(19)15(23)7(3)16(24)25)14(22)8-4(17)2-5(18)12(20)10(8)13(6)21/h2,20,23H,17-19H2,1H3,(H,24,25). The molecular formula is C16H13N3O6. The number of hydrogen-bond acceptors (Lipinski definition) is 8. The lowest BCUT2D eigenvalue weighted by Crippen LogP contribution is -2.26. The van der Waals surface area contributed by atoms with E-state index >= 15 is 0 Å². The van der Waals surface area contributed by atoms with Gasteiger partial charge in [0.05, 0.1) is 28.1 Å². The van der Waals surface area contributed by atoms with Crippen LogP contribution in [-0.4, -0.2) is 32.9 Å². The number of carbonyl (C=O) groups is 3. The molecule has 0 spiro atoms. The maximum Gasteiger partial charge on any atom is 0.339 e. The van der Waals surface area contributed by atoms with E-state index in [1.165, 1.54) is 6.92 Å². The van der Waals surface area contributed by atoms with Crippen molar-refractivity contribution in [1.82, 2.24) is 0 Å². The monoisotopic (exact) mass is 343 g/mol. The molecule has 1 aliphatic carbocycles. The SMILES string of the molecule is Cc1c(C(=O)O)c(O)c(N)c2c1C(=O)c1c(O)c(N)cc(N)c1C2=O. The zero-order chi connectivity index (χ0) is 18.8. The normalized spacial score (nSPS) is 12.7. The van der Waals surface area contributed by atoms with Gasteiger partial charge in [-0.25, -0.2) is 4.79 Å². The molecule has 0 fully saturated rings. The van der Waals surface area contributed by atoms with Gasteiger partial charge in [0.1, 0.15) is 5.56 Å². The predicted molar refractivity (Wildman–Crippen MR) is 88.0 cm³/mol. The average Bonchev–Trinajstić information content (AvgIpc) is 2.51. The van der Waals surface area contributed by atoms with Crippen LogP contribution in [0.2, 0.25) is 0 Å². The number of phenolic OH excluding ortho intramolecular Hbond substituents is 1. The molecule has 2 aromatic carbocycles. The summed E-state index contributed by atoms with van der Waals surface area (Å²) in [5.41, 5.74) is 14.1. The maximum atomic E-state index is 12.9. The third-order valence-electron chi connectivity index (χ3n) is 4.24. The second-order valence-electron chi connectivity index (χ2n) is 5.63. The molecule has 2 aromatic rings. The van der Waals surface area contributed by atoms with Crippen LogP contribution < -0.4 is 17.2 Å². The zero-order valence-electron chi connectivity index (χ0n) is 12.9. The Kier molecular flexibility index (Phi) is 3.14. The molecule has 0 aromatic heterocycles. The summed E-state index contributed by atoms with van der Waals surface area (Å²) >= 11 is 0. The van der Waals surface area contributed by atoms with Gasteiger partial charge in [0.15, 0.2) is 23.1 Å². The van der Waals surface area contributed by atoms with Crippen LogP contribution in [0.15, 0.2) is 6.07 Å². The molecule has 0 aliphatic heterocycles. The van der Waals surface area contributed by atoms with Gasteiger partial charge in [0.25, 0.3) is 0 Å². The number of ketones is 2. The second-order valence-corrected chi connectivity index (χ2v) is 5.63. The van der Waals surface area contributed by atoms with Crippen LogP contribution >= 0.6 is 0 Å². The highest BCUT2D eigenvalue weighted by atomic mass is 16.4. The molecule has 9 N–H and O–H groups in total. The summed E-state index contributed by atoms with van der Waals surface area (Å²) in [7, 11) is 0. The number of hydrogen-bond donors (Lipinski definition) is 6. The van der Waals surface area contributed by atoms with Crippen LogP contribution in [0.3, 0.4) is 0 Å². The van der Waals surface area contributed by atoms with E-state index in [4.69, 9.17) is 17.2 Å². The highest BCUT2D eigenvalue weighted by Crippen LogP contribution is 2.45. The molecule has 0 atom stereocenters. The van der Waals surface area contributed by atoms with E-state index in [9.17, 15) is 29.7 Å². The summed E-state index contributed by atoms with van der Waals surface area (Å²) in [4.78, 5) is 37.1. The molecule has 3 rings (SSSR count). The second kappa shape index (κ2) is 4.87. The van der Waals surface area contributed by atoms with Crippen LogP contribution in [-0.2, 0) is 0 Å². The Morgan fingerprint density at radius 3 is 2.00 bits per heavy atom. The van der Waals surface area contributed by atoms with E-state index in [0.717, 1.165) is 6.07 Å². The summed E-state index contributed by atoms with van der Waals surface area (Å²) in [5.74, 6) is -4.63. The first-order valence-corrected chi connectivity index (χ1v) is 6.98. The number of nitrogen functional groups attached to an aromatic ring is 3. The van der Waals surface area contributed by atoms with Crippen LogP contribution in [0.25, 0.3) is 0 Å². The van der Waals surface area contributed by atoms with Gasteiger partial charge in [0, 0.05) is 11.3 Å². The molecule has 0 saturated carbocycles. The van der Waals surface area contributed by atoms with E-state index < -0.39 is 45.8 Å². The lowest BCUT2D eigenvalue weighted by Gasteiger charge is -2.24. The Labute approximate surface area is 140 Å². The predicted octanol–water partition coefficient (Wildman–Crippen LogP) is 0.626. The number of anilines is 3. The number of benzene rings is 2. The van der Waals surface area contributed by atoms with E-state index in [1.54, 1.807) is 0 Å². The minimum atomic E-state index is -1.52. The Bertz CT molecular complexity index is 1030. The number of carbonyl (C=O) groups excluding carboxylic acids is 2. The minimum absolute atomic E-state index is 0.145. The Morgan fingerprint density at radius 1 is 0.880 bits per heavy atom. The fourth-order valence-electron chi connectivity index (χ4n) is 3.09. The molecule has 25 heavy (non-hydrogen) atoms. The van der Waals surface area contributed by atoms with Gasteiger partial charge in [-0.1, -0.05) is 0 Å². The van der Waals surface area contributed by atoms with Crippen LogP contribution in [0.1, 0.15) is 47.8 Å². The first-order chi connectivity index (χ1) is 11.6. The van der Waals surface area contributed by atoms with Crippen molar-refractivity contribution < 1.29 is 29.7 Å². The average molecular weight is 343 g/mol. The van der Waals surface area contributed by atoms with Gasteiger partial charge in [0.2, 0.25) is 0 Å². The molecule has 0 bridgehead atoms. The third-order valence-corrected chi connectivity index (χ3v) is 4.24. The van der Waals surface area contributed by atoms with E-state index in [1.807, 2.05) is 0 Å². The fourth-order valence-corrected chi connectivity index (χ4v) is 3.09. The largest absolute Gasteiger partial charge is 0.505 e. The van der Waals surface area contributed by atoms with Crippen molar-refractivity contribution >= 4 is 34.6 Å². The summed E-state index contributed by atoms with van der Waals surface area (Å²) in [6, 6.07) is 1.12. The smallest absolute Gasteiger partial charge is 0.339 e. The van der Waals surface area contributed by atoms with Crippen molar-refractivity contribution in [3.8, 4) is 11.5 Å². The first-order valence-electron chi connectivity index (χ1n) is 6.98. The number of nitrogens with two attached hydrogens (primary N) is 3. The molecule has 1 aliphatic rings. The molecule has 0 saturated heterocycles. The zero-order valence-corrected chi connectivity index (χ0v) is 12.9. The van der Waals surface area contributed by atoms with Crippen molar-refractivity contribution in [2.45, 2.75) is 6.92 Å². The van der Waals surface area contributed by atoms with Crippen molar-refractivity contribution in [3.63, 3.8) is 0 Å². The fraction of sp³-hybridized carbons (Fsp3) is 0.0625. The first kappa shape index (κ1) is 16.1. The van der Waals surface area contributed by atoms with Crippen molar-refractivity contribution in [2.24, 2.45) is 0 Å². The number of fused-ring (bicyclic) bond motifs is 2. The molecule has 0 heterocycles. The molecule has 0 radical (unpaired) electrons. The summed E-state index contributed by atoms with van der Waals surface area (Å²) in [6.45, 7) is 1.25. The number of carboxylic acid groups (broad SMARTS) is 1. The summed E-state index contributed by atoms with van der Waals surface area (Å²) in [6.07, 6.45) is 0. The lowest BCUT2D eigenvalue weighted by atomic mass is 9.78. The van der Waals surface area contributed by atoms with Crippen molar-refractivity contribution in [3.05, 3.63) is 39.4 Å². The van der Waals surface area contributed by atoms with E-state index in [-0.39, 0.29) is 33.6 Å². The molecule has 9 heteroatoms.